The van der Waals surface area contributed by atoms with Gasteiger partial charge in [0.25, 0.3) is 0 Å². The maximum Gasteiger partial charge on any atom is 0.118 e. The van der Waals surface area contributed by atoms with Crippen LogP contribution in [0.25, 0.3) is 0 Å². The molecule has 0 aliphatic heterocycles. The molecule has 1 aromatic rings. The topological polar surface area (TPSA) is 0 Å². The summed E-state index contributed by atoms with van der Waals surface area (Å²) < 4.78 is 12.6. The molecule has 0 heterocycles. The Balaban J connectivity index is 2.18. The zero-order valence-corrected chi connectivity index (χ0v) is 7.20. The second kappa shape index (κ2) is 3.56. The van der Waals surface area contributed by atoms with E-state index in [1.807, 2.05) is 36.4 Å². The van der Waals surface area contributed by atoms with Crippen LogP contribution < -0.4 is 0 Å². The average Bonchev–Trinajstić information content (AvgIpc) is 2.20. The molecule has 0 bridgehead atoms. The summed E-state index contributed by atoms with van der Waals surface area (Å²) in [6.07, 6.45) is 5.63. The Morgan fingerprint density at radius 1 is 1.00 bits per heavy atom. The zero-order chi connectivity index (χ0) is 9.10. The lowest BCUT2D eigenvalue weighted by Gasteiger charge is -2.12. The molecule has 0 aromatic heterocycles. The Labute approximate surface area is 77.4 Å². The highest BCUT2D eigenvalue weighted by molar-refractivity contribution is 5.42. The molecule has 1 aromatic carbocycles. The SMILES string of the molecule is FC1=CC[C](c2ccccc2)C=C1. The molecule has 1 aliphatic carbocycles. The van der Waals surface area contributed by atoms with E-state index in [1.54, 1.807) is 6.08 Å². The van der Waals surface area contributed by atoms with Gasteiger partial charge in [-0.1, -0.05) is 36.4 Å². The molecule has 0 atom stereocenters. The minimum Gasteiger partial charge on any atom is -0.207 e. The Morgan fingerprint density at radius 2 is 1.77 bits per heavy atom. The normalized spacial score (nSPS) is 17.2. The van der Waals surface area contributed by atoms with Gasteiger partial charge in [-0.3, -0.25) is 0 Å². The minimum absolute atomic E-state index is 0.139. The average molecular weight is 173 g/mol. The van der Waals surface area contributed by atoms with E-state index in [9.17, 15) is 4.39 Å². The molecule has 0 fully saturated rings. The van der Waals surface area contributed by atoms with E-state index in [0.717, 1.165) is 0 Å². The van der Waals surface area contributed by atoms with Crippen molar-refractivity contribution in [2.45, 2.75) is 6.42 Å². The Bertz CT molecular complexity index is 335. The van der Waals surface area contributed by atoms with E-state index in [4.69, 9.17) is 0 Å². The smallest absolute Gasteiger partial charge is 0.118 e. The van der Waals surface area contributed by atoms with E-state index >= 15 is 0 Å². The van der Waals surface area contributed by atoms with Gasteiger partial charge in [-0.25, -0.2) is 4.39 Å². The first-order valence-corrected chi connectivity index (χ1v) is 4.31. The maximum absolute atomic E-state index is 12.6. The third kappa shape index (κ3) is 1.86. The van der Waals surface area contributed by atoms with Crippen molar-refractivity contribution >= 4 is 0 Å². The Kier molecular flexibility index (Phi) is 2.26. The summed E-state index contributed by atoms with van der Waals surface area (Å²) in [5.74, 6) is 1.03. The summed E-state index contributed by atoms with van der Waals surface area (Å²) in [4.78, 5) is 0. The lowest BCUT2D eigenvalue weighted by Crippen LogP contribution is -1.97. The molecule has 0 amide bonds. The van der Waals surface area contributed by atoms with Gasteiger partial charge < -0.3 is 0 Å². The van der Waals surface area contributed by atoms with Gasteiger partial charge in [-0.05, 0) is 24.1 Å². The number of rotatable bonds is 1. The predicted octanol–water partition coefficient (Wildman–Crippen LogP) is 3.42. The molecule has 1 radical (unpaired) electrons. The number of hydrogen-bond donors (Lipinski definition) is 0. The summed E-state index contributed by atoms with van der Waals surface area (Å²) in [6.45, 7) is 0. The van der Waals surface area contributed by atoms with Crippen LogP contribution in [0, 0.1) is 5.92 Å². The van der Waals surface area contributed by atoms with Crippen LogP contribution in [0.1, 0.15) is 12.0 Å². The largest absolute Gasteiger partial charge is 0.207 e. The van der Waals surface area contributed by atoms with Gasteiger partial charge in [-0.2, -0.15) is 0 Å². The highest BCUT2D eigenvalue weighted by atomic mass is 19.1. The number of benzene rings is 1. The second-order valence-electron chi connectivity index (χ2n) is 3.02. The predicted molar refractivity (Wildman–Crippen MR) is 51.7 cm³/mol. The van der Waals surface area contributed by atoms with Crippen LogP contribution in [0.3, 0.4) is 0 Å². The van der Waals surface area contributed by atoms with Crippen molar-refractivity contribution in [2.75, 3.05) is 0 Å². The molecule has 0 saturated heterocycles. The first-order chi connectivity index (χ1) is 6.36. The third-order valence-electron chi connectivity index (χ3n) is 2.11. The van der Waals surface area contributed by atoms with Gasteiger partial charge in [0.2, 0.25) is 0 Å². The fourth-order valence-corrected chi connectivity index (χ4v) is 1.39. The maximum atomic E-state index is 12.6. The van der Waals surface area contributed by atoms with Crippen molar-refractivity contribution in [2.24, 2.45) is 0 Å². The molecule has 65 valence electrons. The molecule has 0 unspecified atom stereocenters. The highest BCUT2D eigenvalue weighted by Crippen LogP contribution is 2.25. The molecule has 1 aliphatic rings. The van der Waals surface area contributed by atoms with Crippen LogP contribution in [-0.2, 0) is 0 Å². The zero-order valence-electron chi connectivity index (χ0n) is 7.20. The van der Waals surface area contributed by atoms with Crippen molar-refractivity contribution in [3.8, 4) is 0 Å². The van der Waals surface area contributed by atoms with Crippen LogP contribution in [-0.4, -0.2) is 0 Å². The van der Waals surface area contributed by atoms with E-state index in [1.165, 1.54) is 17.6 Å². The van der Waals surface area contributed by atoms with Crippen molar-refractivity contribution in [3.05, 3.63) is 65.9 Å². The summed E-state index contributed by atoms with van der Waals surface area (Å²) in [5.41, 5.74) is 1.17. The first kappa shape index (κ1) is 8.24. The van der Waals surface area contributed by atoms with Crippen LogP contribution in [0.15, 0.2) is 54.4 Å². The van der Waals surface area contributed by atoms with E-state index in [2.05, 4.69) is 0 Å². The minimum atomic E-state index is -0.139. The summed E-state index contributed by atoms with van der Waals surface area (Å²) >= 11 is 0. The second-order valence-corrected chi connectivity index (χ2v) is 3.02. The summed E-state index contributed by atoms with van der Waals surface area (Å²) in [7, 11) is 0. The van der Waals surface area contributed by atoms with E-state index in [0.29, 0.717) is 6.42 Å². The van der Waals surface area contributed by atoms with Gasteiger partial charge in [-0.15, -0.1) is 0 Å². The lowest BCUT2D eigenvalue weighted by molar-refractivity contribution is 0.656. The van der Waals surface area contributed by atoms with Crippen molar-refractivity contribution in [1.29, 1.82) is 0 Å². The molecule has 0 N–H and O–H groups in total. The Hall–Kier alpha value is -1.37. The van der Waals surface area contributed by atoms with Crippen LogP contribution >= 0.6 is 0 Å². The number of halogens is 1. The van der Waals surface area contributed by atoms with Crippen molar-refractivity contribution in [1.82, 2.24) is 0 Å². The first-order valence-electron chi connectivity index (χ1n) is 4.31. The standard InChI is InChI=1S/C12H10F/c13-12-8-6-11(7-9-12)10-4-2-1-3-5-10/h1-6,8-9H,7H2. The molecule has 2 rings (SSSR count). The quantitative estimate of drug-likeness (QED) is 0.610. The third-order valence-corrected chi connectivity index (χ3v) is 2.11. The molecule has 0 spiro atoms. The van der Waals surface area contributed by atoms with Gasteiger partial charge in [0.15, 0.2) is 0 Å². The molecule has 13 heavy (non-hydrogen) atoms. The molecule has 1 heteroatoms. The van der Waals surface area contributed by atoms with Crippen molar-refractivity contribution in [3.63, 3.8) is 0 Å². The van der Waals surface area contributed by atoms with E-state index < -0.39 is 0 Å². The highest BCUT2D eigenvalue weighted by Gasteiger charge is 2.10. The number of hydrogen-bond acceptors (Lipinski definition) is 0. The molecular formula is C12H10F. The summed E-state index contributed by atoms with van der Waals surface area (Å²) in [5, 5.41) is 0. The van der Waals surface area contributed by atoms with Crippen LogP contribution in [0.2, 0.25) is 0 Å². The van der Waals surface area contributed by atoms with E-state index in [-0.39, 0.29) is 5.83 Å². The van der Waals surface area contributed by atoms with Crippen LogP contribution in [0.5, 0.6) is 0 Å². The van der Waals surface area contributed by atoms with Gasteiger partial charge in [0.05, 0.1) is 0 Å². The fraction of sp³-hybridized carbons (Fsp3) is 0.0833. The lowest BCUT2D eigenvalue weighted by atomic mass is 9.92. The summed E-state index contributed by atoms with van der Waals surface area (Å²) in [6, 6.07) is 10.0. The fourth-order valence-electron chi connectivity index (χ4n) is 1.39. The Morgan fingerprint density at radius 3 is 2.38 bits per heavy atom. The van der Waals surface area contributed by atoms with Gasteiger partial charge >= 0.3 is 0 Å². The molecule has 0 nitrogen and oxygen atoms in total. The van der Waals surface area contributed by atoms with Crippen LogP contribution in [0.4, 0.5) is 4.39 Å². The van der Waals surface area contributed by atoms with Gasteiger partial charge in [0, 0.05) is 5.92 Å². The monoisotopic (exact) mass is 173 g/mol. The molecule has 0 saturated carbocycles. The number of allylic oxidation sites excluding steroid dienone is 4. The molecular weight excluding hydrogens is 163 g/mol. The van der Waals surface area contributed by atoms with Crippen molar-refractivity contribution < 1.29 is 4.39 Å². The van der Waals surface area contributed by atoms with Gasteiger partial charge in [0.1, 0.15) is 5.83 Å².